The Kier molecular flexibility index (Phi) is 4.83. The molecule has 3 rings (SSSR count). The van der Waals surface area contributed by atoms with Gasteiger partial charge in [-0.05, 0) is 24.7 Å². The summed E-state index contributed by atoms with van der Waals surface area (Å²) in [5.41, 5.74) is 0.189. The van der Waals surface area contributed by atoms with Gasteiger partial charge in [-0.3, -0.25) is 9.59 Å². The predicted octanol–water partition coefficient (Wildman–Crippen LogP) is 0.877. The zero-order valence-corrected chi connectivity index (χ0v) is 13.7. The van der Waals surface area contributed by atoms with Gasteiger partial charge in [-0.2, -0.15) is 0 Å². The van der Waals surface area contributed by atoms with Crippen molar-refractivity contribution in [3.05, 3.63) is 0 Å². The number of carbonyl (C=O) groups is 2. The summed E-state index contributed by atoms with van der Waals surface area (Å²) >= 11 is 0. The number of amides is 2. The summed E-state index contributed by atoms with van der Waals surface area (Å²) in [4.78, 5) is 28.5. The van der Waals surface area contributed by atoms with Crippen molar-refractivity contribution in [3.63, 3.8) is 0 Å². The molecule has 1 N–H and O–H groups in total. The van der Waals surface area contributed by atoms with Crippen molar-refractivity contribution in [2.75, 3.05) is 32.7 Å². The summed E-state index contributed by atoms with van der Waals surface area (Å²) in [6, 6.07) is 0.226. The highest BCUT2D eigenvalue weighted by molar-refractivity contribution is 5.85. The quantitative estimate of drug-likeness (QED) is 0.823. The summed E-state index contributed by atoms with van der Waals surface area (Å²) in [5, 5.41) is 3.10. The maximum absolute atomic E-state index is 12.5. The minimum absolute atomic E-state index is 0. The molecule has 3 fully saturated rings. The third-order valence-corrected chi connectivity index (χ3v) is 5.09. The monoisotopic (exact) mass is 315 g/mol. The molecule has 1 saturated carbocycles. The van der Waals surface area contributed by atoms with Crippen LogP contribution in [0.2, 0.25) is 0 Å². The molecular formula is C15H26ClN3O2. The van der Waals surface area contributed by atoms with Crippen molar-refractivity contribution in [1.82, 2.24) is 15.1 Å². The minimum atomic E-state index is 0. The molecule has 0 spiro atoms. The van der Waals surface area contributed by atoms with Gasteiger partial charge in [0.1, 0.15) is 0 Å². The molecule has 0 bridgehead atoms. The van der Waals surface area contributed by atoms with Gasteiger partial charge in [0.15, 0.2) is 0 Å². The molecule has 2 atom stereocenters. The van der Waals surface area contributed by atoms with E-state index in [-0.39, 0.29) is 35.7 Å². The van der Waals surface area contributed by atoms with Gasteiger partial charge in [-0.15, -0.1) is 12.4 Å². The van der Waals surface area contributed by atoms with E-state index >= 15 is 0 Å². The second kappa shape index (κ2) is 6.13. The second-order valence-electron chi connectivity index (χ2n) is 7.09. The van der Waals surface area contributed by atoms with Crippen LogP contribution in [0, 0.1) is 11.3 Å². The van der Waals surface area contributed by atoms with Crippen LogP contribution >= 0.6 is 12.4 Å². The van der Waals surface area contributed by atoms with E-state index in [1.54, 1.807) is 0 Å². The second-order valence-corrected chi connectivity index (χ2v) is 7.09. The predicted molar refractivity (Wildman–Crippen MR) is 83.3 cm³/mol. The number of carbonyl (C=O) groups excluding carboxylic acids is 2. The number of piperidine rings is 1. The van der Waals surface area contributed by atoms with E-state index in [9.17, 15) is 9.59 Å². The van der Waals surface area contributed by atoms with Crippen LogP contribution in [0.3, 0.4) is 0 Å². The number of halogens is 1. The minimum Gasteiger partial charge on any atom is -0.340 e. The van der Waals surface area contributed by atoms with Crippen LogP contribution in [0.1, 0.15) is 33.1 Å². The number of nitrogens with one attached hydrogen (secondary N) is 1. The van der Waals surface area contributed by atoms with Crippen LogP contribution in [0.25, 0.3) is 0 Å². The normalized spacial score (nSPS) is 31.6. The van der Waals surface area contributed by atoms with Crippen LogP contribution in [0.4, 0.5) is 0 Å². The summed E-state index contributed by atoms with van der Waals surface area (Å²) in [6.45, 7) is 8.01. The summed E-state index contributed by atoms with van der Waals surface area (Å²) in [6.07, 6.45) is 3.06. The summed E-state index contributed by atoms with van der Waals surface area (Å²) < 4.78 is 0. The number of hydrogen-bond donors (Lipinski definition) is 1. The van der Waals surface area contributed by atoms with Gasteiger partial charge in [0.25, 0.3) is 0 Å². The first-order valence-electron chi connectivity index (χ1n) is 7.78. The maximum Gasteiger partial charge on any atom is 0.236 e. The van der Waals surface area contributed by atoms with Gasteiger partial charge in [-0.25, -0.2) is 0 Å². The Morgan fingerprint density at radius 3 is 2.67 bits per heavy atom. The lowest BCUT2D eigenvalue weighted by Gasteiger charge is -2.41. The molecule has 2 aliphatic heterocycles. The van der Waals surface area contributed by atoms with Crippen molar-refractivity contribution >= 4 is 24.2 Å². The van der Waals surface area contributed by atoms with Crippen LogP contribution in [-0.4, -0.2) is 60.4 Å². The van der Waals surface area contributed by atoms with E-state index in [4.69, 9.17) is 0 Å². The van der Waals surface area contributed by atoms with Crippen LogP contribution in [0.15, 0.2) is 0 Å². The first kappa shape index (κ1) is 16.6. The molecule has 2 heterocycles. The van der Waals surface area contributed by atoms with Crippen molar-refractivity contribution in [2.24, 2.45) is 11.3 Å². The number of rotatable bonds is 2. The largest absolute Gasteiger partial charge is 0.340 e. The van der Waals surface area contributed by atoms with Gasteiger partial charge >= 0.3 is 0 Å². The van der Waals surface area contributed by atoms with Crippen LogP contribution in [-0.2, 0) is 9.59 Å². The fourth-order valence-electron chi connectivity index (χ4n) is 3.53. The van der Waals surface area contributed by atoms with Gasteiger partial charge in [0, 0.05) is 38.1 Å². The van der Waals surface area contributed by atoms with Crippen LogP contribution < -0.4 is 5.32 Å². The Labute approximate surface area is 132 Å². The first-order valence-corrected chi connectivity index (χ1v) is 7.78. The maximum atomic E-state index is 12.5. The lowest BCUT2D eigenvalue weighted by atomic mass is 10.0. The third-order valence-electron chi connectivity index (χ3n) is 5.09. The molecule has 1 aliphatic carbocycles. The van der Waals surface area contributed by atoms with Crippen LogP contribution in [0.5, 0.6) is 0 Å². The Hall–Kier alpha value is -0.810. The topological polar surface area (TPSA) is 52.7 Å². The van der Waals surface area contributed by atoms with E-state index in [0.717, 1.165) is 45.4 Å². The summed E-state index contributed by atoms with van der Waals surface area (Å²) in [7, 11) is 0. The Bertz CT molecular complexity index is 427. The fraction of sp³-hybridized carbons (Fsp3) is 0.867. The van der Waals surface area contributed by atoms with Crippen molar-refractivity contribution in [1.29, 1.82) is 0 Å². The molecule has 0 aromatic carbocycles. The van der Waals surface area contributed by atoms with E-state index in [0.29, 0.717) is 12.5 Å². The average Bonchev–Trinajstić information content (AvgIpc) is 3.07. The lowest BCUT2D eigenvalue weighted by Crippen LogP contribution is -2.57. The smallest absolute Gasteiger partial charge is 0.236 e. The molecule has 6 heteroatoms. The summed E-state index contributed by atoms with van der Waals surface area (Å²) in [5.74, 6) is 0.699. The molecule has 2 unspecified atom stereocenters. The van der Waals surface area contributed by atoms with Gasteiger partial charge < -0.3 is 15.1 Å². The highest BCUT2D eigenvalue weighted by Crippen LogP contribution is 2.52. The highest BCUT2D eigenvalue weighted by atomic mass is 35.5. The molecule has 2 amide bonds. The zero-order valence-electron chi connectivity index (χ0n) is 12.9. The average molecular weight is 316 g/mol. The fourth-order valence-corrected chi connectivity index (χ4v) is 3.53. The van der Waals surface area contributed by atoms with Gasteiger partial charge in [-0.1, -0.05) is 13.8 Å². The SMILES string of the molecule is CC1(C)CC1C(=O)N1CCCC(N2CCNCC2=O)C1.Cl. The number of hydrogen-bond acceptors (Lipinski definition) is 3. The first-order chi connectivity index (χ1) is 9.49. The highest BCUT2D eigenvalue weighted by Gasteiger charge is 2.52. The van der Waals surface area contributed by atoms with E-state index in [1.807, 2.05) is 9.80 Å². The van der Waals surface area contributed by atoms with E-state index in [1.165, 1.54) is 0 Å². The molecule has 2 saturated heterocycles. The van der Waals surface area contributed by atoms with Crippen molar-refractivity contribution in [2.45, 2.75) is 39.2 Å². The zero-order chi connectivity index (χ0) is 14.3. The Morgan fingerprint density at radius 2 is 2.05 bits per heavy atom. The molecule has 3 aliphatic rings. The van der Waals surface area contributed by atoms with Crippen molar-refractivity contribution < 1.29 is 9.59 Å². The molecule has 5 nitrogen and oxygen atoms in total. The molecule has 0 aromatic rings. The standard InChI is InChI=1S/C15H25N3O2.ClH/c1-15(2)8-12(15)14(20)17-6-3-4-11(10-17)18-7-5-16-9-13(18)19;/h11-12,16H,3-10H2,1-2H3;1H. The Morgan fingerprint density at radius 1 is 1.33 bits per heavy atom. The molecule has 0 aromatic heterocycles. The number of nitrogens with zero attached hydrogens (tertiary/aromatic N) is 2. The van der Waals surface area contributed by atoms with E-state index < -0.39 is 0 Å². The molecule has 21 heavy (non-hydrogen) atoms. The lowest BCUT2D eigenvalue weighted by molar-refractivity contribution is -0.141. The third kappa shape index (κ3) is 3.34. The Balaban J connectivity index is 0.00000161. The van der Waals surface area contributed by atoms with E-state index in [2.05, 4.69) is 19.2 Å². The molecule has 0 radical (unpaired) electrons. The molecule has 120 valence electrons. The van der Waals surface area contributed by atoms with Gasteiger partial charge in [0.2, 0.25) is 11.8 Å². The number of likely N-dealkylation sites (tertiary alicyclic amines) is 1. The molecular weight excluding hydrogens is 290 g/mol. The van der Waals surface area contributed by atoms with Gasteiger partial charge in [0.05, 0.1) is 6.54 Å². The number of piperazine rings is 1. The van der Waals surface area contributed by atoms with Crippen molar-refractivity contribution in [3.8, 4) is 0 Å².